The molecule has 0 unspecified atom stereocenters. The van der Waals surface area contributed by atoms with Crippen molar-refractivity contribution in [3.63, 3.8) is 0 Å². The molecule has 0 aliphatic rings. The average Bonchev–Trinajstić information content (AvgIpc) is 2.60. The number of hydrogen-bond donors (Lipinski definition) is 1. The minimum absolute atomic E-state index is 0.0327. The van der Waals surface area contributed by atoms with E-state index in [9.17, 15) is 9.90 Å². The number of phenolic OH excluding ortho intramolecular Hbond substituents is 1. The second kappa shape index (κ2) is 6.38. The van der Waals surface area contributed by atoms with E-state index >= 15 is 0 Å². The van der Waals surface area contributed by atoms with Crippen molar-refractivity contribution in [1.82, 2.24) is 0 Å². The number of aliphatic imine (C=N–C) groups is 1. The van der Waals surface area contributed by atoms with Gasteiger partial charge in [0.15, 0.2) is 5.43 Å². The summed E-state index contributed by atoms with van der Waals surface area (Å²) in [5, 5.41) is 9.83. The van der Waals surface area contributed by atoms with Crippen LogP contribution < -0.4 is 5.43 Å². The van der Waals surface area contributed by atoms with Gasteiger partial charge in [0.05, 0.1) is 11.1 Å². The maximum absolute atomic E-state index is 12.2. The maximum atomic E-state index is 12.2. The highest BCUT2D eigenvalue weighted by atomic mass is 16.3. The van der Waals surface area contributed by atoms with E-state index < -0.39 is 0 Å². The zero-order valence-electron chi connectivity index (χ0n) is 12.9. The smallest absolute Gasteiger partial charge is 0.193 e. The summed E-state index contributed by atoms with van der Waals surface area (Å²) in [5.41, 5.74) is 2.60. The molecule has 0 spiro atoms. The molecule has 0 amide bonds. The Kier molecular flexibility index (Phi) is 4.12. The lowest BCUT2D eigenvalue weighted by molar-refractivity contribution is 0.475. The van der Waals surface area contributed by atoms with E-state index in [0.717, 1.165) is 11.1 Å². The van der Waals surface area contributed by atoms with Gasteiger partial charge in [0.25, 0.3) is 0 Å². The molecule has 0 atom stereocenters. The SMILES string of the molecule is C=CN=C(C=C)c1ccc(-c2cc(=O)c3cc(O)ccc3o2)cc1. The molecule has 118 valence electrons. The lowest BCUT2D eigenvalue weighted by Gasteiger charge is -2.05. The summed E-state index contributed by atoms with van der Waals surface area (Å²) in [4.78, 5) is 16.4. The van der Waals surface area contributed by atoms with Crippen LogP contribution in [0.5, 0.6) is 5.75 Å². The minimum atomic E-state index is -0.203. The Bertz CT molecular complexity index is 1010. The molecule has 0 saturated carbocycles. The van der Waals surface area contributed by atoms with Crippen molar-refractivity contribution < 1.29 is 9.52 Å². The summed E-state index contributed by atoms with van der Waals surface area (Å²) in [7, 11) is 0. The normalized spacial score (nSPS) is 11.4. The molecule has 1 heterocycles. The van der Waals surface area contributed by atoms with Gasteiger partial charge < -0.3 is 9.52 Å². The second-order valence-electron chi connectivity index (χ2n) is 5.13. The number of allylic oxidation sites excluding steroid dienone is 1. The van der Waals surface area contributed by atoms with Crippen molar-refractivity contribution in [2.24, 2.45) is 4.99 Å². The van der Waals surface area contributed by atoms with E-state index in [2.05, 4.69) is 18.2 Å². The molecule has 24 heavy (non-hydrogen) atoms. The molecule has 0 radical (unpaired) electrons. The third-order valence-electron chi connectivity index (χ3n) is 3.60. The number of benzene rings is 2. The molecule has 0 aliphatic heterocycles. The molecular formula is C20H15NO3. The minimum Gasteiger partial charge on any atom is -0.508 e. The second-order valence-corrected chi connectivity index (χ2v) is 5.13. The molecule has 4 heteroatoms. The Hall–Kier alpha value is -3.40. The number of aromatic hydroxyl groups is 1. The van der Waals surface area contributed by atoms with Crippen molar-refractivity contribution in [2.75, 3.05) is 0 Å². The van der Waals surface area contributed by atoms with Crippen molar-refractivity contribution >= 4 is 16.7 Å². The monoisotopic (exact) mass is 317 g/mol. The van der Waals surface area contributed by atoms with E-state index in [-0.39, 0.29) is 11.2 Å². The molecule has 0 fully saturated rings. The van der Waals surface area contributed by atoms with E-state index in [1.807, 2.05) is 24.3 Å². The Balaban J connectivity index is 2.06. The van der Waals surface area contributed by atoms with E-state index in [0.29, 0.717) is 22.4 Å². The van der Waals surface area contributed by atoms with Gasteiger partial charge in [-0.15, -0.1) is 0 Å². The van der Waals surface area contributed by atoms with Gasteiger partial charge in [-0.25, -0.2) is 0 Å². The van der Waals surface area contributed by atoms with E-state index in [4.69, 9.17) is 4.42 Å². The first kappa shape index (κ1) is 15.5. The molecule has 4 nitrogen and oxygen atoms in total. The Labute approximate surface area is 138 Å². The van der Waals surface area contributed by atoms with Crippen LogP contribution in [0, 0.1) is 0 Å². The van der Waals surface area contributed by atoms with Crippen molar-refractivity contribution in [3.05, 3.63) is 89.8 Å². The van der Waals surface area contributed by atoms with Gasteiger partial charge in [0.2, 0.25) is 0 Å². The van der Waals surface area contributed by atoms with Crippen LogP contribution in [-0.2, 0) is 0 Å². The molecule has 3 aromatic rings. The third-order valence-corrected chi connectivity index (χ3v) is 3.60. The lowest BCUT2D eigenvalue weighted by atomic mass is 10.1. The topological polar surface area (TPSA) is 62.8 Å². The van der Waals surface area contributed by atoms with Crippen LogP contribution in [0.2, 0.25) is 0 Å². The van der Waals surface area contributed by atoms with Crippen LogP contribution in [0.4, 0.5) is 0 Å². The Morgan fingerprint density at radius 1 is 1.08 bits per heavy atom. The fourth-order valence-corrected chi connectivity index (χ4v) is 2.44. The molecule has 0 aliphatic carbocycles. The molecule has 0 bridgehead atoms. The highest BCUT2D eigenvalue weighted by Gasteiger charge is 2.08. The number of fused-ring (bicyclic) bond motifs is 1. The van der Waals surface area contributed by atoms with Crippen molar-refractivity contribution in [3.8, 4) is 17.1 Å². The fraction of sp³-hybridized carbons (Fsp3) is 0. The summed E-state index contributed by atoms with van der Waals surface area (Å²) in [6.45, 7) is 7.31. The summed E-state index contributed by atoms with van der Waals surface area (Å²) in [5.74, 6) is 0.496. The highest BCUT2D eigenvalue weighted by Crippen LogP contribution is 2.24. The standard InChI is InChI=1S/C20H15NO3/c1-3-17(21-4-2)13-5-7-14(8-6-13)20-12-18(23)16-11-15(22)9-10-19(16)24-20/h3-12,22H,1-2H2. The molecule has 3 rings (SSSR count). The van der Waals surface area contributed by atoms with Gasteiger partial charge in [0, 0.05) is 23.4 Å². The predicted molar refractivity (Wildman–Crippen MR) is 96.5 cm³/mol. The summed E-state index contributed by atoms with van der Waals surface area (Å²) >= 11 is 0. The summed E-state index contributed by atoms with van der Waals surface area (Å²) in [6.07, 6.45) is 3.11. The Morgan fingerprint density at radius 2 is 1.83 bits per heavy atom. The number of phenols is 1. The molecular weight excluding hydrogens is 302 g/mol. The summed E-state index contributed by atoms with van der Waals surface area (Å²) < 4.78 is 5.78. The average molecular weight is 317 g/mol. The largest absolute Gasteiger partial charge is 0.508 e. The maximum Gasteiger partial charge on any atom is 0.193 e. The zero-order valence-corrected chi connectivity index (χ0v) is 12.9. The first-order valence-electron chi connectivity index (χ1n) is 7.31. The predicted octanol–water partition coefficient (Wildman–Crippen LogP) is 4.28. The van der Waals surface area contributed by atoms with Crippen molar-refractivity contribution in [1.29, 1.82) is 0 Å². The van der Waals surface area contributed by atoms with Gasteiger partial charge >= 0.3 is 0 Å². The van der Waals surface area contributed by atoms with Crippen molar-refractivity contribution in [2.45, 2.75) is 0 Å². The van der Waals surface area contributed by atoms with Crippen LogP contribution in [0.3, 0.4) is 0 Å². The molecule has 0 saturated heterocycles. The van der Waals surface area contributed by atoms with Gasteiger partial charge in [-0.3, -0.25) is 9.79 Å². The quantitative estimate of drug-likeness (QED) is 0.730. The Morgan fingerprint density at radius 3 is 2.50 bits per heavy atom. The number of rotatable bonds is 4. The van der Waals surface area contributed by atoms with Crippen LogP contribution >= 0.6 is 0 Å². The first-order chi connectivity index (χ1) is 11.6. The van der Waals surface area contributed by atoms with Crippen LogP contribution in [0.15, 0.2) is 88.2 Å². The molecule has 2 aromatic carbocycles. The van der Waals surface area contributed by atoms with Gasteiger partial charge in [0.1, 0.15) is 17.1 Å². The summed E-state index contributed by atoms with van der Waals surface area (Å²) in [6, 6.07) is 13.3. The highest BCUT2D eigenvalue weighted by molar-refractivity contribution is 6.08. The van der Waals surface area contributed by atoms with Crippen LogP contribution in [0.25, 0.3) is 22.3 Å². The number of hydrogen-bond acceptors (Lipinski definition) is 4. The molecule has 1 N–H and O–H groups in total. The first-order valence-corrected chi connectivity index (χ1v) is 7.31. The third kappa shape index (κ3) is 2.90. The van der Waals surface area contributed by atoms with Crippen LogP contribution in [0.1, 0.15) is 5.56 Å². The lowest BCUT2D eigenvalue weighted by Crippen LogP contribution is -2.00. The van der Waals surface area contributed by atoms with Gasteiger partial charge in [-0.05, 0) is 24.3 Å². The van der Waals surface area contributed by atoms with Crippen LogP contribution in [-0.4, -0.2) is 10.8 Å². The zero-order chi connectivity index (χ0) is 17.1. The fourth-order valence-electron chi connectivity index (χ4n) is 2.44. The van der Waals surface area contributed by atoms with E-state index in [1.54, 1.807) is 12.1 Å². The molecule has 1 aromatic heterocycles. The van der Waals surface area contributed by atoms with Gasteiger partial charge in [-0.2, -0.15) is 0 Å². The number of nitrogens with zero attached hydrogens (tertiary/aromatic N) is 1. The van der Waals surface area contributed by atoms with Gasteiger partial charge in [-0.1, -0.05) is 37.4 Å². The van der Waals surface area contributed by atoms with E-state index in [1.165, 1.54) is 24.4 Å².